The quantitative estimate of drug-likeness (QED) is 0.899. The Morgan fingerprint density at radius 1 is 1.21 bits per heavy atom. The molecule has 0 amide bonds. The lowest BCUT2D eigenvalue weighted by molar-refractivity contribution is 0.0403. The van der Waals surface area contributed by atoms with E-state index in [-0.39, 0.29) is 0 Å². The number of methoxy groups -OCH3 is 2. The number of likely N-dealkylation sites (tertiary alicyclic amines) is 1. The second-order valence-electron chi connectivity index (χ2n) is 5.52. The highest BCUT2D eigenvalue weighted by molar-refractivity contribution is 5.49. The van der Waals surface area contributed by atoms with E-state index in [0.717, 1.165) is 18.5 Å². The molecule has 0 bridgehead atoms. The first-order valence-corrected chi connectivity index (χ1v) is 6.86. The molecule has 4 nitrogen and oxygen atoms in total. The van der Waals surface area contributed by atoms with Crippen LogP contribution < -0.4 is 9.47 Å². The molecule has 0 spiro atoms. The van der Waals surface area contributed by atoms with E-state index >= 15 is 0 Å². The van der Waals surface area contributed by atoms with Crippen molar-refractivity contribution in [2.75, 3.05) is 27.3 Å². The third-order valence-corrected chi connectivity index (χ3v) is 4.23. The standard InChI is InChI=1S/C15H21NO3/c1-18-12-4-3-5-13(19-2)14(12)15(17)8-9-16(10-15)11-6-7-11/h3-5,11,17H,6-10H2,1-2H3. The van der Waals surface area contributed by atoms with Gasteiger partial charge in [-0.05, 0) is 31.4 Å². The number of benzene rings is 1. The van der Waals surface area contributed by atoms with Crippen molar-refractivity contribution in [2.24, 2.45) is 0 Å². The lowest BCUT2D eigenvalue weighted by Gasteiger charge is -2.27. The van der Waals surface area contributed by atoms with Crippen LogP contribution in [0, 0.1) is 0 Å². The van der Waals surface area contributed by atoms with Crippen LogP contribution in [0.4, 0.5) is 0 Å². The lowest BCUT2D eigenvalue weighted by atomic mass is 9.91. The van der Waals surface area contributed by atoms with Crippen LogP contribution in [0.25, 0.3) is 0 Å². The summed E-state index contributed by atoms with van der Waals surface area (Å²) in [5.41, 5.74) is -0.0660. The van der Waals surface area contributed by atoms with E-state index in [1.807, 2.05) is 18.2 Å². The molecule has 1 aliphatic carbocycles. The van der Waals surface area contributed by atoms with Crippen LogP contribution in [-0.2, 0) is 5.60 Å². The number of nitrogens with zero attached hydrogens (tertiary/aromatic N) is 1. The van der Waals surface area contributed by atoms with Crippen LogP contribution in [-0.4, -0.2) is 43.4 Å². The Morgan fingerprint density at radius 2 is 1.84 bits per heavy atom. The number of aliphatic hydroxyl groups is 1. The number of β-amino-alcohol motifs (C(OH)–C–C–N with tert-alkyl or cyclic N) is 1. The summed E-state index contributed by atoms with van der Waals surface area (Å²) in [6.07, 6.45) is 3.26. The van der Waals surface area contributed by atoms with Gasteiger partial charge in [-0.2, -0.15) is 0 Å². The highest BCUT2D eigenvalue weighted by Crippen LogP contribution is 2.45. The number of ether oxygens (including phenoxy) is 2. The van der Waals surface area contributed by atoms with Gasteiger partial charge in [0.05, 0.1) is 19.8 Å². The van der Waals surface area contributed by atoms with Crippen molar-refractivity contribution in [3.63, 3.8) is 0 Å². The van der Waals surface area contributed by atoms with Gasteiger partial charge in [0.15, 0.2) is 0 Å². The Bertz CT molecular complexity index is 450. The van der Waals surface area contributed by atoms with Crippen molar-refractivity contribution >= 4 is 0 Å². The third kappa shape index (κ3) is 2.19. The van der Waals surface area contributed by atoms with Crippen LogP contribution in [0.15, 0.2) is 18.2 Å². The Morgan fingerprint density at radius 3 is 2.37 bits per heavy atom. The molecule has 1 aromatic carbocycles. The lowest BCUT2D eigenvalue weighted by Crippen LogP contribution is -2.32. The van der Waals surface area contributed by atoms with Crippen LogP contribution in [0.2, 0.25) is 0 Å². The number of hydrogen-bond acceptors (Lipinski definition) is 4. The van der Waals surface area contributed by atoms with Gasteiger partial charge in [-0.15, -0.1) is 0 Å². The molecular formula is C15H21NO3. The zero-order valence-corrected chi connectivity index (χ0v) is 11.6. The number of rotatable bonds is 4. The molecule has 1 unspecified atom stereocenters. The first kappa shape index (κ1) is 12.8. The van der Waals surface area contributed by atoms with Crippen molar-refractivity contribution in [2.45, 2.75) is 30.9 Å². The van der Waals surface area contributed by atoms with E-state index in [1.165, 1.54) is 12.8 Å². The van der Waals surface area contributed by atoms with Gasteiger partial charge < -0.3 is 14.6 Å². The average Bonchev–Trinajstić information content (AvgIpc) is 3.21. The highest BCUT2D eigenvalue weighted by Gasteiger charge is 2.45. The molecule has 2 aliphatic rings. The molecular weight excluding hydrogens is 242 g/mol. The van der Waals surface area contributed by atoms with Gasteiger partial charge in [0, 0.05) is 19.1 Å². The van der Waals surface area contributed by atoms with Gasteiger partial charge in [-0.3, -0.25) is 4.90 Å². The highest BCUT2D eigenvalue weighted by atomic mass is 16.5. The normalized spacial score (nSPS) is 27.5. The maximum Gasteiger partial charge on any atom is 0.128 e. The summed E-state index contributed by atoms with van der Waals surface area (Å²) in [5, 5.41) is 11.0. The second kappa shape index (κ2) is 4.69. The summed E-state index contributed by atoms with van der Waals surface area (Å²) >= 11 is 0. The van der Waals surface area contributed by atoms with Crippen molar-refractivity contribution in [3.05, 3.63) is 23.8 Å². The predicted octanol–water partition coefficient (Wildman–Crippen LogP) is 1.76. The number of hydrogen-bond donors (Lipinski definition) is 1. The fourth-order valence-electron chi connectivity index (χ4n) is 3.09. The molecule has 3 rings (SSSR count). The van der Waals surface area contributed by atoms with Gasteiger partial charge in [-0.25, -0.2) is 0 Å². The van der Waals surface area contributed by atoms with Crippen LogP contribution in [0.5, 0.6) is 11.5 Å². The van der Waals surface area contributed by atoms with Crippen LogP contribution >= 0.6 is 0 Å². The second-order valence-corrected chi connectivity index (χ2v) is 5.52. The van der Waals surface area contributed by atoms with Gasteiger partial charge in [0.1, 0.15) is 17.1 Å². The minimum atomic E-state index is -0.861. The summed E-state index contributed by atoms with van der Waals surface area (Å²) in [6.45, 7) is 1.62. The Kier molecular flexibility index (Phi) is 3.15. The topological polar surface area (TPSA) is 41.9 Å². The Hall–Kier alpha value is -1.26. The first-order valence-electron chi connectivity index (χ1n) is 6.86. The van der Waals surface area contributed by atoms with Gasteiger partial charge in [-0.1, -0.05) is 6.07 Å². The van der Waals surface area contributed by atoms with E-state index in [0.29, 0.717) is 24.1 Å². The van der Waals surface area contributed by atoms with E-state index < -0.39 is 5.60 Å². The molecule has 0 aromatic heterocycles. The molecule has 1 N–H and O–H groups in total. The summed E-state index contributed by atoms with van der Waals surface area (Å²) in [5.74, 6) is 1.42. The molecule has 1 atom stereocenters. The molecule has 1 heterocycles. The van der Waals surface area contributed by atoms with Crippen LogP contribution in [0.3, 0.4) is 0 Å². The van der Waals surface area contributed by atoms with Gasteiger partial charge in [0.2, 0.25) is 0 Å². The Balaban J connectivity index is 1.96. The minimum Gasteiger partial charge on any atom is -0.496 e. The summed E-state index contributed by atoms with van der Waals surface area (Å²) < 4.78 is 10.8. The molecule has 1 aromatic rings. The summed E-state index contributed by atoms with van der Waals surface area (Å²) in [7, 11) is 3.27. The smallest absolute Gasteiger partial charge is 0.128 e. The van der Waals surface area contributed by atoms with Crippen LogP contribution in [0.1, 0.15) is 24.8 Å². The molecule has 1 aliphatic heterocycles. The predicted molar refractivity (Wildman–Crippen MR) is 72.7 cm³/mol. The molecule has 2 fully saturated rings. The van der Waals surface area contributed by atoms with E-state index in [9.17, 15) is 5.11 Å². The molecule has 104 valence electrons. The molecule has 1 saturated heterocycles. The summed E-state index contributed by atoms with van der Waals surface area (Å²) in [6, 6.07) is 6.33. The molecule has 1 saturated carbocycles. The van der Waals surface area contributed by atoms with Crippen molar-refractivity contribution < 1.29 is 14.6 Å². The monoisotopic (exact) mass is 263 g/mol. The first-order chi connectivity index (χ1) is 9.18. The molecule has 4 heteroatoms. The van der Waals surface area contributed by atoms with E-state index in [2.05, 4.69) is 4.90 Å². The maximum atomic E-state index is 11.0. The zero-order valence-electron chi connectivity index (χ0n) is 11.6. The van der Waals surface area contributed by atoms with Crippen molar-refractivity contribution in [1.82, 2.24) is 4.90 Å². The third-order valence-electron chi connectivity index (χ3n) is 4.23. The largest absolute Gasteiger partial charge is 0.496 e. The Labute approximate surface area is 113 Å². The van der Waals surface area contributed by atoms with E-state index in [1.54, 1.807) is 14.2 Å². The molecule has 0 radical (unpaired) electrons. The fourth-order valence-corrected chi connectivity index (χ4v) is 3.09. The fraction of sp³-hybridized carbons (Fsp3) is 0.600. The zero-order chi connectivity index (χ0) is 13.5. The van der Waals surface area contributed by atoms with Crippen molar-refractivity contribution in [3.8, 4) is 11.5 Å². The van der Waals surface area contributed by atoms with Gasteiger partial charge >= 0.3 is 0 Å². The molecule has 19 heavy (non-hydrogen) atoms. The maximum absolute atomic E-state index is 11.0. The van der Waals surface area contributed by atoms with Gasteiger partial charge in [0.25, 0.3) is 0 Å². The van der Waals surface area contributed by atoms with E-state index in [4.69, 9.17) is 9.47 Å². The average molecular weight is 263 g/mol. The minimum absolute atomic E-state index is 0.675. The SMILES string of the molecule is COc1cccc(OC)c1C1(O)CCN(C2CC2)C1. The summed E-state index contributed by atoms with van der Waals surface area (Å²) in [4.78, 5) is 2.38. The van der Waals surface area contributed by atoms with Crippen molar-refractivity contribution in [1.29, 1.82) is 0 Å².